The first-order valence-corrected chi connectivity index (χ1v) is 10.1. The van der Waals surface area contributed by atoms with Crippen LogP contribution in [0.25, 0.3) is 0 Å². The maximum atomic E-state index is 6.17. The third kappa shape index (κ3) is 6.92. The van der Waals surface area contributed by atoms with Gasteiger partial charge < -0.3 is 24.8 Å². The van der Waals surface area contributed by atoms with Crippen molar-refractivity contribution in [2.45, 2.75) is 32.5 Å². The highest BCUT2D eigenvalue weighted by molar-refractivity contribution is 14.0. The fraction of sp³-hybridized carbons (Fsp3) is 0.409. The van der Waals surface area contributed by atoms with Crippen LogP contribution in [0.3, 0.4) is 0 Å². The van der Waals surface area contributed by atoms with E-state index in [2.05, 4.69) is 40.7 Å². The third-order valence-corrected chi connectivity index (χ3v) is 5.00. The maximum absolute atomic E-state index is 6.17. The van der Waals surface area contributed by atoms with Crippen molar-refractivity contribution in [2.75, 3.05) is 27.4 Å². The average molecular weight is 546 g/mol. The summed E-state index contributed by atoms with van der Waals surface area (Å²) in [5, 5.41) is 7.31. The molecule has 1 atom stereocenters. The molecule has 0 saturated carbocycles. The quantitative estimate of drug-likeness (QED) is 0.309. The molecule has 1 aliphatic rings. The summed E-state index contributed by atoms with van der Waals surface area (Å²) in [6.07, 6.45) is 1.04. The van der Waals surface area contributed by atoms with Crippen molar-refractivity contribution >= 4 is 41.5 Å². The Kier molecular flexibility index (Phi) is 10.0. The Morgan fingerprint density at radius 2 is 1.83 bits per heavy atom. The van der Waals surface area contributed by atoms with E-state index in [0.717, 1.165) is 35.7 Å². The van der Waals surface area contributed by atoms with Gasteiger partial charge in [-0.1, -0.05) is 29.8 Å². The number of aliphatic imine (C=N–C) groups is 1. The predicted octanol–water partition coefficient (Wildman–Crippen LogP) is 4.31. The van der Waals surface area contributed by atoms with Crippen LogP contribution in [0.2, 0.25) is 5.02 Å². The van der Waals surface area contributed by atoms with Crippen molar-refractivity contribution in [3.05, 3.63) is 58.1 Å². The van der Waals surface area contributed by atoms with Crippen molar-refractivity contribution < 1.29 is 14.2 Å². The first kappa shape index (κ1) is 24.6. The van der Waals surface area contributed by atoms with Crippen LogP contribution in [0.5, 0.6) is 11.5 Å². The largest absolute Gasteiger partial charge is 0.496 e. The molecule has 1 fully saturated rings. The van der Waals surface area contributed by atoms with E-state index in [9.17, 15) is 0 Å². The summed E-state index contributed by atoms with van der Waals surface area (Å²) in [6.45, 7) is 4.63. The van der Waals surface area contributed by atoms with E-state index in [1.54, 1.807) is 20.2 Å². The maximum Gasteiger partial charge on any atom is 0.191 e. The molecule has 1 saturated heterocycles. The summed E-state index contributed by atoms with van der Waals surface area (Å²) in [6, 6.07) is 11.8. The molecule has 0 amide bonds. The Bertz CT molecular complexity index is 858. The summed E-state index contributed by atoms with van der Waals surface area (Å²) in [7, 11) is 3.38. The number of methoxy groups -OCH3 is 1. The van der Waals surface area contributed by atoms with E-state index < -0.39 is 0 Å². The predicted molar refractivity (Wildman–Crippen MR) is 131 cm³/mol. The Morgan fingerprint density at radius 1 is 1.13 bits per heavy atom. The highest BCUT2D eigenvalue weighted by Crippen LogP contribution is 2.24. The van der Waals surface area contributed by atoms with Gasteiger partial charge in [0.05, 0.1) is 20.3 Å². The van der Waals surface area contributed by atoms with Gasteiger partial charge in [0.15, 0.2) is 5.96 Å². The topological polar surface area (TPSA) is 64.1 Å². The lowest BCUT2D eigenvalue weighted by molar-refractivity contribution is 0.140. The Labute approximate surface area is 200 Å². The van der Waals surface area contributed by atoms with Gasteiger partial charge in [-0.25, -0.2) is 0 Å². The lowest BCUT2D eigenvalue weighted by Gasteiger charge is -2.18. The van der Waals surface area contributed by atoms with Crippen molar-refractivity contribution in [2.24, 2.45) is 4.99 Å². The molecule has 0 bridgehead atoms. The van der Waals surface area contributed by atoms with Crippen LogP contribution in [0.4, 0.5) is 0 Å². The second-order valence-electron chi connectivity index (χ2n) is 6.95. The molecule has 1 unspecified atom stereocenters. The van der Waals surface area contributed by atoms with Gasteiger partial charge in [0.2, 0.25) is 0 Å². The van der Waals surface area contributed by atoms with Gasteiger partial charge in [-0.2, -0.15) is 0 Å². The van der Waals surface area contributed by atoms with Crippen molar-refractivity contribution in [3.8, 4) is 11.5 Å². The fourth-order valence-electron chi connectivity index (χ4n) is 3.15. The molecular formula is C22H29ClIN3O3. The van der Waals surface area contributed by atoms with Gasteiger partial charge in [0, 0.05) is 42.7 Å². The van der Waals surface area contributed by atoms with E-state index in [0.29, 0.717) is 30.7 Å². The van der Waals surface area contributed by atoms with Gasteiger partial charge in [-0.05, 0) is 30.7 Å². The lowest BCUT2D eigenvalue weighted by atomic mass is 10.1. The van der Waals surface area contributed by atoms with Crippen LogP contribution in [-0.2, 0) is 17.8 Å². The number of halogens is 2. The number of hydrogen-bond acceptors (Lipinski definition) is 4. The second-order valence-corrected chi connectivity index (χ2v) is 7.39. The zero-order valence-corrected chi connectivity index (χ0v) is 20.6. The Morgan fingerprint density at radius 3 is 2.47 bits per heavy atom. The van der Waals surface area contributed by atoms with Gasteiger partial charge in [-0.15, -0.1) is 24.0 Å². The number of aryl methyl sites for hydroxylation is 1. The van der Waals surface area contributed by atoms with Crippen LogP contribution in [-0.4, -0.2) is 39.4 Å². The molecule has 1 heterocycles. The molecule has 8 heteroatoms. The summed E-state index contributed by atoms with van der Waals surface area (Å²) in [4.78, 5) is 4.31. The molecular weight excluding hydrogens is 517 g/mol. The minimum Gasteiger partial charge on any atom is -0.496 e. The molecule has 30 heavy (non-hydrogen) atoms. The number of guanidine groups is 1. The number of benzene rings is 2. The van der Waals surface area contributed by atoms with E-state index in [1.807, 2.05) is 12.1 Å². The molecule has 2 aromatic rings. The summed E-state index contributed by atoms with van der Waals surface area (Å²) < 4.78 is 17.0. The summed E-state index contributed by atoms with van der Waals surface area (Å²) in [5.41, 5.74) is 3.25. The van der Waals surface area contributed by atoms with E-state index in [1.165, 1.54) is 5.56 Å². The molecule has 0 aromatic heterocycles. The van der Waals surface area contributed by atoms with Gasteiger partial charge in [0.1, 0.15) is 17.6 Å². The highest BCUT2D eigenvalue weighted by Gasteiger charge is 2.18. The van der Waals surface area contributed by atoms with Crippen molar-refractivity contribution in [1.82, 2.24) is 10.6 Å². The van der Waals surface area contributed by atoms with Crippen molar-refractivity contribution in [1.29, 1.82) is 0 Å². The minimum absolute atomic E-state index is 0. The smallest absolute Gasteiger partial charge is 0.191 e. The lowest BCUT2D eigenvalue weighted by Crippen LogP contribution is -2.36. The summed E-state index contributed by atoms with van der Waals surface area (Å²) >= 11 is 6.03. The molecule has 2 N–H and O–H groups in total. The molecule has 1 aliphatic heterocycles. The zero-order valence-electron chi connectivity index (χ0n) is 17.5. The minimum atomic E-state index is 0. The van der Waals surface area contributed by atoms with E-state index in [-0.39, 0.29) is 30.1 Å². The number of hydrogen-bond donors (Lipinski definition) is 2. The SMILES string of the molecule is CN=C(NCc1ccc(Cl)cc1OC)NCc1ccc(C)cc1OC1CCOC1.I. The molecule has 164 valence electrons. The first-order valence-electron chi connectivity index (χ1n) is 9.70. The Balaban J connectivity index is 0.00000320. The number of ether oxygens (including phenoxy) is 3. The van der Waals surface area contributed by atoms with Gasteiger partial charge in [-0.3, -0.25) is 4.99 Å². The molecule has 3 rings (SSSR count). The van der Waals surface area contributed by atoms with Crippen LogP contribution >= 0.6 is 35.6 Å². The van der Waals surface area contributed by atoms with E-state index >= 15 is 0 Å². The molecule has 2 aromatic carbocycles. The fourth-order valence-corrected chi connectivity index (χ4v) is 3.31. The van der Waals surface area contributed by atoms with Crippen LogP contribution in [0.1, 0.15) is 23.1 Å². The molecule has 0 spiro atoms. The first-order chi connectivity index (χ1) is 14.1. The van der Waals surface area contributed by atoms with E-state index in [4.69, 9.17) is 25.8 Å². The number of rotatable bonds is 7. The van der Waals surface area contributed by atoms with Gasteiger partial charge in [0.25, 0.3) is 0 Å². The number of nitrogens with one attached hydrogen (secondary N) is 2. The summed E-state index contributed by atoms with van der Waals surface area (Å²) in [5.74, 6) is 2.33. The molecule has 0 aliphatic carbocycles. The van der Waals surface area contributed by atoms with Crippen LogP contribution in [0, 0.1) is 6.92 Å². The molecule has 6 nitrogen and oxygen atoms in total. The van der Waals surface area contributed by atoms with Crippen LogP contribution < -0.4 is 20.1 Å². The second kappa shape index (κ2) is 12.2. The highest BCUT2D eigenvalue weighted by atomic mass is 127. The Hall–Kier alpha value is -1.71. The zero-order chi connectivity index (χ0) is 20.6. The van der Waals surface area contributed by atoms with Crippen molar-refractivity contribution in [3.63, 3.8) is 0 Å². The monoisotopic (exact) mass is 545 g/mol. The third-order valence-electron chi connectivity index (χ3n) is 4.77. The number of nitrogens with zero attached hydrogens (tertiary/aromatic N) is 1. The standard InChI is InChI=1S/C22H28ClN3O3.HI/c1-15-4-5-17(21(10-15)29-19-8-9-28-14-19)13-26-22(24-2)25-12-16-6-7-18(23)11-20(16)27-3;/h4-7,10-11,19H,8-9,12-14H2,1-3H3,(H2,24,25,26);1H. The average Bonchev–Trinajstić information content (AvgIpc) is 3.23. The molecule has 0 radical (unpaired) electrons. The normalized spacial score (nSPS) is 16.0. The van der Waals surface area contributed by atoms with Gasteiger partial charge >= 0.3 is 0 Å². The van der Waals surface area contributed by atoms with Crippen LogP contribution in [0.15, 0.2) is 41.4 Å².